The van der Waals surface area contributed by atoms with Gasteiger partial charge in [-0.1, -0.05) is 33.1 Å². The first-order chi connectivity index (χ1) is 9.39. The molecule has 0 radical (unpaired) electrons. The molecule has 0 heterocycles. The molecule has 0 unspecified atom stereocenters. The van der Waals surface area contributed by atoms with Crippen LogP contribution in [0, 0.1) is 11.8 Å². The van der Waals surface area contributed by atoms with Crippen LogP contribution in [0.5, 0.6) is 0 Å². The molecule has 5 heteroatoms. The van der Waals surface area contributed by atoms with Crippen molar-refractivity contribution < 1.29 is 14.7 Å². The van der Waals surface area contributed by atoms with Crippen LogP contribution >= 0.6 is 0 Å². The van der Waals surface area contributed by atoms with Crippen molar-refractivity contribution in [1.29, 1.82) is 0 Å². The van der Waals surface area contributed by atoms with Gasteiger partial charge in [-0.3, -0.25) is 4.79 Å². The molecule has 0 aliphatic heterocycles. The molecule has 0 aromatic heterocycles. The summed E-state index contributed by atoms with van der Waals surface area (Å²) >= 11 is 0. The van der Waals surface area contributed by atoms with Gasteiger partial charge in [0.05, 0.1) is 0 Å². The van der Waals surface area contributed by atoms with Crippen LogP contribution in [-0.4, -0.2) is 29.1 Å². The normalized spacial score (nSPS) is 19.6. The molecule has 1 saturated carbocycles. The van der Waals surface area contributed by atoms with Crippen molar-refractivity contribution in [2.75, 3.05) is 6.54 Å². The van der Waals surface area contributed by atoms with Crippen LogP contribution in [0.25, 0.3) is 0 Å². The van der Waals surface area contributed by atoms with E-state index in [1.54, 1.807) is 0 Å². The topological polar surface area (TPSA) is 92.4 Å². The van der Waals surface area contributed by atoms with Crippen molar-refractivity contribution in [2.24, 2.45) is 17.6 Å². The highest BCUT2D eigenvalue weighted by Crippen LogP contribution is 2.29. The van der Waals surface area contributed by atoms with Gasteiger partial charge >= 0.3 is 5.97 Å². The van der Waals surface area contributed by atoms with Crippen LogP contribution in [0.1, 0.15) is 58.8 Å². The largest absolute Gasteiger partial charge is 0.480 e. The fraction of sp³-hybridized carbons (Fsp3) is 0.867. The van der Waals surface area contributed by atoms with E-state index in [2.05, 4.69) is 19.2 Å². The highest BCUT2D eigenvalue weighted by molar-refractivity contribution is 5.87. The number of rotatable bonds is 7. The summed E-state index contributed by atoms with van der Waals surface area (Å²) in [5.74, 6) is -0.465. The number of hydrogen-bond acceptors (Lipinski definition) is 3. The zero-order valence-electron chi connectivity index (χ0n) is 12.7. The van der Waals surface area contributed by atoms with Crippen LogP contribution in [0.2, 0.25) is 0 Å². The summed E-state index contributed by atoms with van der Waals surface area (Å²) in [4.78, 5) is 23.6. The number of nitrogens with one attached hydrogen (secondary N) is 1. The Morgan fingerprint density at radius 3 is 2.30 bits per heavy atom. The van der Waals surface area contributed by atoms with Gasteiger partial charge in [0.2, 0.25) is 5.91 Å². The molecule has 0 spiro atoms. The zero-order valence-corrected chi connectivity index (χ0v) is 12.7. The number of nitrogens with two attached hydrogens (primary N) is 1. The Bertz CT molecular complexity index is 336. The Kier molecular flexibility index (Phi) is 6.46. The van der Waals surface area contributed by atoms with Crippen molar-refractivity contribution in [2.45, 2.75) is 64.3 Å². The monoisotopic (exact) mass is 284 g/mol. The first kappa shape index (κ1) is 17.0. The van der Waals surface area contributed by atoms with Crippen molar-refractivity contribution in [3.8, 4) is 0 Å². The van der Waals surface area contributed by atoms with E-state index in [0.29, 0.717) is 31.7 Å². The van der Waals surface area contributed by atoms with Crippen molar-refractivity contribution >= 4 is 11.9 Å². The van der Waals surface area contributed by atoms with Gasteiger partial charge in [-0.05, 0) is 37.6 Å². The maximum Gasteiger partial charge on any atom is 0.329 e. The Balaban J connectivity index is 2.60. The lowest BCUT2D eigenvalue weighted by atomic mass is 9.81. The maximum absolute atomic E-state index is 12.1. The molecule has 0 bridgehead atoms. The van der Waals surface area contributed by atoms with E-state index in [1.165, 1.54) is 0 Å². The van der Waals surface area contributed by atoms with E-state index in [1.807, 2.05) is 0 Å². The summed E-state index contributed by atoms with van der Waals surface area (Å²) < 4.78 is 0. The molecule has 116 valence electrons. The molecule has 1 fully saturated rings. The molecule has 1 rings (SSSR count). The van der Waals surface area contributed by atoms with E-state index in [4.69, 9.17) is 5.73 Å². The third-order valence-corrected chi connectivity index (χ3v) is 4.11. The van der Waals surface area contributed by atoms with Crippen LogP contribution in [0.15, 0.2) is 0 Å². The smallest absolute Gasteiger partial charge is 0.329 e. The second-order valence-electron chi connectivity index (χ2n) is 6.43. The zero-order chi connectivity index (χ0) is 15.2. The second kappa shape index (κ2) is 7.62. The average Bonchev–Trinajstić information content (AvgIpc) is 2.38. The maximum atomic E-state index is 12.1. The summed E-state index contributed by atoms with van der Waals surface area (Å²) in [5.41, 5.74) is 4.65. The van der Waals surface area contributed by atoms with Crippen LogP contribution in [-0.2, 0) is 9.59 Å². The Labute approximate surface area is 121 Å². The van der Waals surface area contributed by atoms with Crippen molar-refractivity contribution in [3.63, 3.8) is 0 Å². The third-order valence-electron chi connectivity index (χ3n) is 4.11. The Morgan fingerprint density at radius 1 is 1.25 bits per heavy atom. The lowest BCUT2D eigenvalue weighted by Gasteiger charge is -2.34. The first-order valence-corrected chi connectivity index (χ1v) is 7.64. The molecule has 4 N–H and O–H groups in total. The van der Waals surface area contributed by atoms with Gasteiger partial charge in [-0.15, -0.1) is 0 Å². The molecule has 1 aliphatic rings. The summed E-state index contributed by atoms with van der Waals surface area (Å²) in [6, 6.07) is 0. The number of amides is 1. The van der Waals surface area contributed by atoms with Crippen molar-refractivity contribution in [1.82, 2.24) is 5.32 Å². The SMILES string of the molecule is CC(C)C[C@H](CN)CC(=O)NC1(C(=O)O)CCCCC1. The number of carboxylic acid groups (broad SMARTS) is 1. The highest BCUT2D eigenvalue weighted by atomic mass is 16.4. The summed E-state index contributed by atoms with van der Waals surface area (Å²) in [6.45, 7) is 4.66. The summed E-state index contributed by atoms with van der Waals surface area (Å²) in [5, 5.41) is 12.2. The predicted octanol–water partition coefficient (Wildman–Crippen LogP) is 1.90. The number of aliphatic carboxylic acids is 1. The van der Waals surface area contributed by atoms with Gasteiger partial charge in [0.25, 0.3) is 0 Å². The van der Waals surface area contributed by atoms with E-state index < -0.39 is 11.5 Å². The lowest BCUT2D eigenvalue weighted by Crippen LogP contribution is -2.55. The molecular formula is C15H28N2O3. The number of hydrogen-bond donors (Lipinski definition) is 3. The summed E-state index contributed by atoms with van der Waals surface area (Å²) in [6.07, 6.45) is 5.05. The van der Waals surface area contributed by atoms with Gasteiger partial charge in [0.1, 0.15) is 5.54 Å². The van der Waals surface area contributed by atoms with E-state index in [9.17, 15) is 14.7 Å². The highest BCUT2D eigenvalue weighted by Gasteiger charge is 2.41. The molecule has 1 aliphatic carbocycles. The van der Waals surface area contributed by atoms with E-state index in [0.717, 1.165) is 25.7 Å². The molecule has 0 aromatic carbocycles. The van der Waals surface area contributed by atoms with E-state index >= 15 is 0 Å². The van der Waals surface area contributed by atoms with Crippen LogP contribution in [0.3, 0.4) is 0 Å². The number of carbonyl (C=O) groups excluding carboxylic acids is 1. The predicted molar refractivity (Wildman–Crippen MR) is 78.2 cm³/mol. The van der Waals surface area contributed by atoms with Crippen LogP contribution < -0.4 is 11.1 Å². The number of carbonyl (C=O) groups is 2. The van der Waals surface area contributed by atoms with Gasteiger partial charge in [-0.25, -0.2) is 4.79 Å². The quantitative estimate of drug-likeness (QED) is 0.665. The second-order valence-corrected chi connectivity index (χ2v) is 6.43. The van der Waals surface area contributed by atoms with E-state index in [-0.39, 0.29) is 11.8 Å². The standard InChI is InChI=1S/C15H28N2O3/c1-11(2)8-12(10-16)9-13(18)17-15(14(19)20)6-4-3-5-7-15/h11-12H,3-10,16H2,1-2H3,(H,17,18)(H,19,20)/t12-/m0/s1. The van der Waals surface area contributed by atoms with Gasteiger partial charge in [0.15, 0.2) is 0 Å². The molecule has 1 atom stereocenters. The first-order valence-electron chi connectivity index (χ1n) is 7.64. The molecule has 5 nitrogen and oxygen atoms in total. The molecular weight excluding hydrogens is 256 g/mol. The minimum Gasteiger partial charge on any atom is -0.480 e. The minimum absolute atomic E-state index is 0.129. The fourth-order valence-corrected chi connectivity index (χ4v) is 3.06. The molecule has 1 amide bonds. The van der Waals surface area contributed by atoms with Crippen LogP contribution in [0.4, 0.5) is 0 Å². The molecule has 0 aromatic rings. The minimum atomic E-state index is -1.05. The fourth-order valence-electron chi connectivity index (χ4n) is 3.06. The number of carboxylic acids is 1. The van der Waals surface area contributed by atoms with Gasteiger partial charge in [0, 0.05) is 6.42 Å². The summed E-state index contributed by atoms with van der Waals surface area (Å²) in [7, 11) is 0. The van der Waals surface area contributed by atoms with Gasteiger partial charge in [-0.2, -0.15) is 0 Å². The Hall–Kier alpha value is -1.10. The molecule has 20 heavy (non-hydrogen) atoms. The van der Waals surface area contributed by atoms with Gasteiger partial charge < -0.3 is 16.2 Å². The lowest BCUT2D eigenvalue weighted by molar-refractivity contribution is -0.149. The van der Waals surface area contributed by atoms with Crippen molar-refractivity contribution in [3.05, 3.63) is 0 Å². The molecule has 0 saturated heterocycles. The average molecular weight is 284 g/mol. The Morgan fingerprint density at radius 2 is 1.85 bits per heavy atom. The third kappa shape index (κ3) is 4.78.